The summed E-state index contributed by atoms with van der Waals surface area (Å²) in [5.74, 6) is 0. The van der Waals surface area contributed by atoms with Crippen molar-refractivity contribution in [3.63, 3.8) is 0 Å². The summed E-state index contributed by atoms with van der Waals surface area (Å²) >= 11 is 1.92. The highest BCUT2D eigenvalue weighted by atomic mass is 32.2. The maximum absolute atomic E-state index is 4.83. The first-order valence-corrected chi connectivity index (χ1v) is 8.37. The van der Waals surface area contributed by atoms with Gasteiger partial charge in [0.25, 0.3) is 0 Å². The number of fused-ring (bicyclic) bond motifs is 2. The fourth-order valence-electron chi connectivity index (χ4n) is 3.34. The first kappa shape index (κ1) is 13.0. The van der Waals surface area contributed by atoms with Crippen LogP contribution in [0, 0.1) is 0 Å². The Morgan fingerprint density at radius 2 is 1.62 bits per heavy atom. The van der Waals surface area contributed by atoms with E-state index in [0.29, 0.717) is 0 Å². The zero-order valence-electron chi connectivity index (χ0n) is 11.9. The Balaban J connectivity index is 1.72. The Kier molecular flexibility index (Phi) is 3.23. The van der Waals surface area contributed by atoms with E-state index in [9.17, 15) is 0 Å². The highest BCUT2D eigenvalue weighted by Gasteiger charge is 2.41. The smallest absolute Gasteiger partial charge is 0.167 e. The van der Waals surface area contributed by atoms with Gasteiger partial charge in [0.15, 0.2) is 5.17 Å². The van der Waals surface area contributed by atoms with Gasteiger partial charge in [-0.25, -0.2) is 4.99 Å². The molecule has 3 heteroatoms. The molecule has 2 aromatic carbocycles. The molecule has 0 aromatic heterocycles. The van der Waals surface area contributed by atoms with Crippen LogP contribution in [0.25, 0.3) is 0 Å². The molecule has 2 aliphatic rings. The van der Waals surface area contributed by atoms with Crippen LogP contribution in [-0.2, 0) is 4.75 Å². The third-order valence-corrected chi connectivity index (χ3v) is 5.75. The third-order valence-electron chi connectivity index (χ3n) is 4.35. The van der Waals surface area contributed by atoms with Crippen molar-refractivity contribution >= 4 is 28.3 Å². The second-order valence-corrected chi connectivity index (χ2v) is 7.10. The van der Waals surface area contributed by atoms with Gasteiger partial charge in [0.1, 0.15) is 0 Å². The van der Waals surface area contributed by atoms with E-state index in [1.54, 1.807) is 0 Å². The lowest BCUT2D eigenvalue weighted by molar-refractivity contribution is 0.655. The van der Waals surface area contributed by atoms with Crippen LogP contribution in [-0.4, -0.2) is 5.17 Å². The molecule has 0 unspecified atom stereocenters. The number of nitrogens with zero attached hydrogens (tertiary/aromatic N) is 1. The molecule has 1 spiro atoms. The van der Waals surface area contributed by atoms with Crippen molar-refractivity contribution < 1.29 is 0 Å². The Hall–Kier alpha value is -1.74. The molecule has 1 fully saturated rings. The minimum atomic E-state index is 0.232. The molecular formula is C18H18N2S. The van der Waals surface area contributed by atoms with E-state index in [1.165, 1.54) is 31.2 Å². The first-order chi connectivity index (χ1) is 10.4. The van der Waals surface area contributed by atoms with Crippen LogP contribution in [0.15, 0.2) is 59.6 Å². The average molecular weight is 294 g/mol. The van der Waals surface area contributed by atoms with E-state index in [4.69, 9.17) is 4.99 Å². The molecule has 0 radical (unpaired) electrons. The number of anilines is 1. The summed E-state index contributed by atoms with van der Waals surface area (Å²) in [5.41, 5.74) is 3.67. The topological polar surface area (TPSA) is 24.4 Å². The van der Waals surface area contributed by atoms with Gasteiger partial charge in [-0.2, -0.15) is 0 Å². The van der Waals surface area contributed by atoms with Gasteiger partial charge in [-0.15, -0.1) is 0 Å². The molecule has 0 atom stereocenters. The van der Waals surface area contributed by atoms with Crippen LogP contribution >= 0.6 is 11.8 Å². The van der Waals surface area contributed by atoms with Crippen LogP contribution in [0.1, 0.15) is 31.2 Å². The van der Waals surface area contributed by atoms with Gasteiger partial charge in [0.2, 0.25) is 0 Å². The van der Waals surface area contributed by atoms with Gasteiger partial charge in [0, 0.05) is 5.69 Å². The molecule has 4 rings (SSSR count). The van der Waals surface area contributed by atoms with E-state index in [0.717, 1.165) is 16.5 Å². The van der Waals surface area contributed by atoms with Crippen LogP contribution in [0.3, 0.4) is 0 Å². The lowest BCUT2D eigenvalue weighted by atomic mass is 9.94. The SMILES string of the molecule is c1ccc(NC2=Nc3ccccc3C3(CCCC3)S2)cc1. The van der Waals surface area contributed by atoms with Gasteiger partial charge in [-0.05, 0) is 36.6 Å². The molecule has 1 N–H and O–H groups in total. The van der Waals surface area contributed by atoms with E-state index >= 15 is 0 Å². The van der Waals surface area contributed by atoms with E-state index in [2.05, 4.69) is 53.8 Å². The van der Waals surface area contributed by atoms with E-state index in [-0.39, 0.29) is 4.75 Å². The number of amidine groups is 1. The zero-order chi connectivity index (χ0) is 14.1. The Morgan fingerprint density at radius 3 is 2.43 bits per heavy atom. The second kappa shape index (κ2) is 5.23. The Labute approximate surface area is 129 Å². The first-order valence-electron chi connectivity index (χ1n) is 7.55. The molecule has 21 heavy (non-hydrogen) atoms. The highest BCUT2D eigenvalue weighted by molar-refractivity contribution is 8.15. The number of rotatable bonds is 1. The molecule has 1 saturated carbocycles. The summed E-state index contributed by atoms with van der Waals surface area (Å²) in [6.07, 6.45) is 5.15. The number of hydrogen-bond donors (Lipinski definition) is 1. The van der Waals surface area contributed by atoms with Gasteiger partial charge in [-0.1, -0.05) is 61.0 Å². The summed E-state index contributed by atoms with van der Waals surface area (Å²) in [5, 5.41) is 4.52. The number of nitrogens with one attached hydrogen (secondary N) is 1. The Morgan fingerprint density at radius 1 is 0.905 bits per heavy atom. The van der Waals surface area contributed by atoms with Crippen LogP contribution < -0.4 is 5.32 Å². The number of thioether (sulfide) groups is 1. The van der Waals surface area contributed by atoms with Gasteiger partial charge >= 0.3 is 0 Å². The van der Waals surface area contributed by atoms with E-state index in [1.807, 2.05) is 17.8 Å². The molecule has 1 aliphatic heterocycles. The molecule has 0 bridgehead atoms. The van der Waals surface area contributed by atoms with Crippen molar-refractivity contribution in [1.29, 1.82) is 0 Å². The maximum Gasteiger partial charge on any atom is 0.167 e. The fourth-order valence-corrected chi connectivity index (χ4v) is 4.80. The predicted octanol–water partition coefficient (Wildman–Crippen LogP) is 5.30. The largest absolute Gasteiger partial charge is 0.335 e. The third kappa shape index (κ3) is 2.36. The molecule has 106 valence electrons. The van der Waals surface area contributed by atoms with Crippen molar-refractivity contribution in [2.24, 2.45) is 4.99 Å². The van der Waals surface area contributed by atoms with Crippen molar-refractivity contribution in [1.82, 2.24) is 0 Å². The predicted molar refractivity (Wildman–Crippen MR) is 91.3 cm³/mol. The summed E-state index contributed by atoms with van der Waals surface area (Å²) in [6.45, 7) is 0. The molecule has 0 saturated heterocycles. The molecule has 2 nitrogen and oxygen atoms in total. The minimum Gasteiger partial charge on any atom is -0.335 e. The van der Waals surface area contributed by atoms with Crippen LogP contribution in [0.5, 0.6) is 0 Å². The minimum absolute atomic E-state index is 0.232. The zero-order valence-corrected chi connectivity index (χ0v) is 12.7. The number of para-hydroxylation sites is 2. The second-order valence-electron chi connectivity index (χ2n) is 5.73. The van der Waals surface area contributed by atoms with Gasteiger partial charge < -0.3 is 5.32 Å². The summed E-state index contributed by atoms with van der Waals surface area (Å²) in [4.78, 5) is 4.83. The summed E-state index contributed by atoms with van der Waals surface area (Å²) in [6, 6.07) is 18.9. The quantitative estimate of drug-likeness (QED) is 0.771. The van der Waals surface area contributed by atoms with Crippen LogP contribution in [0.4, 0.5) is 11.4 Å². The normalized spacial score (nSPS) is 19.1. The molecule has 0 amide bonds. The molecule has 2 aromatic rings. The monoisotopic (exact) mass is 294 g/mol. The Bertz CT molecular complexity index is 673. The fraction of sp³-hybridized carbons (Fsp3) is 0.278. The molecule has 1 aliphatic carbocycles. The van der Waals surface area contributed by atoms with Crippen molar-refractivity contribution in [2.75, 3.05) is 5.32 Å². The van der Waals surface area contributed by atoms with E-state index < -0.39 is 0 Å². The maximum atomic E-state index is 4.83. The number of hydrogen-bond acceptors (Lipinski definition) is 3. The molecular weight excluding hydrogens is 276 g/mol. The van der Waals surface area contributed by atoms with Gasteiger partial charge in [0.05, 0.1) is 10.4 Å². The highest BCUT2D eigenvalue weighted by Crippen LogP contribution is 2.55. The van der Waals surface area contributed by atoms with Gasteiger partial charge in [-0.3, -0.25) is 0 Å². The summed E-state index contributed by atoms with van der Waals surface area (Å²) in [7, 11) is 0. The summed E-state index contributed by atoms with van der Waals surface area (Å²) < 4.78 is 0.232. The van der Waals surface area contributed by atoms with Crippen molar-refractivity contribution in [3.05, 3.63) is 60.2 Å². The van der Waals surface area contributed by atoms with Crippen molar-refractivity contribution in [2.45, 2.75) is 30.4 Å². The lowest BCUT2D eigenvalue weighted by Gasteiger charge is -2.34. The molecule has 1 heterocycles. The average Bonchev–Trinajstić information content (AvgIpc) is 2.97. The number of benzene rings is 2. The lowest BCUT2D eigenvalue weighted by Crippen LogP contribution is -2.26. The van der Waals surface area contributed by atoms with Crippen molar-refractivity contribution in [3.8, 4) is 0 Å². The van der Waals surface area contributed by atoms with Crippen LogP contribution in [0.2, 0.25) is 0 Å². The standard InChI is InChI=1S/C18H18N2S/c1-2-8-14(9-3-1)19-17-20-16-11-5-4-10-15(16)18(21-17)12-6-7-13-18/h1-5,8-11H,6-7,12-13H2,(H,19,20). The number of aliphatic imine (C=N–C) groups is 1.